The number of hydrogen-bond acceptors (Lipinski definition) is 4. The monoisotopic (exact) mass is 157 g/mol. The highest BCUT2D eigenvalue weighted by Gasteiger charge is 2.03. The predicted octanol–water partition coefficient (Wildman–Crippen LogP) is 0.521. The van der Waals surface area contributed by atoms with Gasteiger partial charge in [-0.05, 0) is 6.92 Å². The molecule has 0 aliphatic rings. The molecule has 1 aromatic rings. The number of aromatic nitrogens is 2. The molecule has 0 saturated carbocycles. The van der Waals surface area contributed by atoms with Gasteiger partial charge in [0.05, 0.1) is 0 Å². The van der Waals surface area contributed by atoms with Gasteiger partial charge in [-0.1, -0.05) is 11.3 Å². The van der Waals surface area contributed by atoms with Gasteiger partial charge in [-0.25, -0.2) is 0 Å². The van der Waals surface area contributed by atoms with Crippen molar-refractivity contribution in [3.05, 3.63) is 5.51 Å². The zero-order valence-electron chi connectivity index (χ0n) is 5.52. The summed E-state index contributed by atoms with van der Waals surface area (Å²) >= 11 is 1.35. The maximum atomic E-state index is 10.3. The highest BCUT2D eigenvalue weighted by atomic mass is 32.1. The molecule has 0 aliphatic heterocycles. The van der Waals surface area contributed by atoms with E-state index >= 15 is 0 Å². The highest BCUT2D eigenvalue weighted by molar-refractivity contribution is 7.13. The van der Waals surface area contributed by atoms with Gasteiger partial charge in [-0.2, -0.15) is 0 Å². The molecule has 0 saturated heterocycles. The lowest BCUT2D eigenvalue weighted by atomic mass is 10.7. The quantitative estimate of drug-likeness (QED) is 0.601. The van der Waals surface area contributed by atoms with Crippen LogP contribution < -0.4 is 4.90 Å². The second kappa shape index (κ2) is 3.26. The van der Waals surface area contributed by atoms with E-state index in [9.17, 15) is 4.79 Å². The maximum Gasteiger partial charge on any atom is 0.215 e. The summed E-state index contributed by atoms with van der Waals surface area (Å²) in [5, 5.41) is 7.98. The molecule has 0 fully saturated rings. The SMILES string of the molecule is CCN(C=O)c1nncs1. The summed E-state index contributed by atoms with van der Waals surface area (Å²) in [7, 11) is 0. The minimum atomic E-state index is 0.638. The van der Waals surface area contributed by atoms with Crippen molar-refractivity contribution < 1.29 is 4.79 Å². The van der Waals surface area contributed by atoms with Gasteiger partial charge in [0.25, 0.3) is 0 Å². The molecular weight excluding hydrogens is 150 g/mol. The van der Waals surface area contributed by atoms with Gasteiger partial charge < -0.3 is 0 Å². The Morgan fingerprint density at radius 3 is 3.10 bits per heavy atom. The van der Waals surface area contributed by atoms with Crippen molar-refractivity contribution in [1.29, 1.82) is 0 Å². The Balaban J connectivity index is 2.73. The Labute approximate surface area is 62.5 Å². The second-order valence-corrected chi connectivity index (χ2v) is 2.42. The zero-order chi connectivity index (χ0) is 7.40. The van der Waals surface area contributed by atoms with Gasteiger partial charge in [0, 0.05) is 6.54 Å². The van der Waals surface area contributed by atoms with Crippen molar-refractivity contribution in [3.63, 3.8) is 0 Å². The zero-order valence-corrected chi connectivity index (χ0v) is 6.34. The lowest BCUT2D eigenvalue weighted by molar-refractivity contribution is -0.107. The van der Waals surface area contributed by atoms with Gasteiger partial charge in [-0.3, -0.25) is 9.69 Å². The molecule has 0 spiro atoms. The summed E-state index contributed by atoms with van der Waals surface area (Å²) < 4.78 is 0. The Morgan fingerprint density at radius 1 is 1.90 bits per heavy atom. The first-order valence-corrected chi connectivity index (χ1v) is 3.74. The molecule has 0 N–H and O–H groups in total. The highest BCUT2D eigenvalue weighted by Crippen LogP contribution is 2.12. The van der Waals surface area contributed by atoms with E-state index in [2.05, 4.69) is 10.2 Å². The predicted molar refractivity (Wildman–Crippen MR) is 39.0 cm³/mol. The van der Waals surface area contributed by atoms with Crippen molar-refractivity contribution >= 4 is 22.9 Å². The standard InChI is InChI=1S/C5H7N3OS/c1-2-8(4-9)5-7-6-3-10-5/h3-4H,2H2,1H3. The van der Waals surface area contributed by atoms with Crippen molar-refractivity contribution in [2.45, 2.75) is 6.92 Å². The van der Waals surface area contributed by atoms with Crippen molar-refractivity contribution in [2.24, 2.45) is 0 Å². The average molecular weight is 157 g/mol. The number of anilines is 1. The van der Waals surface area contributed by atoms with E-state index in [1.165, 1.54) is 16.2 Å². The van der Waals surface area contributed by atoms with E-state index in [0.717, 1.165) is 6.41 Å². The third-order valence-corrected chi connectivity index (χ3v) is 1.79. The van der Waals surface area contributed by atoms with Gasteiger partial charge in [0.15, 0.2) is 0 Å². The largest absolute Gasteiger partial charge is 0.290 e. The second-order valence-electron chi connectivity index (χ2n) is 1.61. The van der Waals surface area contributed by atoms with Crippen molar-refractivity contribution in [3.8, 4) is 0 Å². The minimum absolute atomic E-state index is 0.638. The molecule has 0 aromatic carbocycles. The van der Waals surface area contributed by atoms with E-state index < -0.39 is 0 Å². The van der Waals surface area contributed by atoms with Gasteiger partial charge >= 0.3 is 0 Å². The number of nitrogens with zero attached hydrogens (tertiary/aromatic N) is 3. The van der Waals surface area contributed by atoms with E-state index in [4.69, 9.17) is 0 Å². The van der Waals surface area contributed by atoms with E-state index in [1.54, 1.807) is 5.51 Å². The number of amides is 1. The van der Waals surface area contributed by atoms with Gasteiger partial charge in [0.2, 0.25) is 11.5 Å². The molecule has 0 aliphatic carbocycles. The van der Waals surface area contributed by atoms with Crippen LogP contribution in [-0.2, 0) is 4.79 Å². The van der Waals surface area contributed by atoms with Crippen LogP contribution in [0.4, 0.5) is 5.13 Å². The van der Waals surface area contributed by atoms with Crippen LogP contribution in [0.1, 0.15) is 6.92 Å². The summed E-state index contributed by atoms with van der Waals surface area (Å²) in [5.74, 6) is 0. The fraction of sp³-hybridized carbons (Fsp3) is 0.400. The normalized spacial score (nSPS) is 9.30. The fourth-order valence-corrected chi connectivity index (χ4v) is 1.14. The van der Waals surface area contributed by atoms with Crippen LogP contribution in [0.25, 0.3) is 0 Å². The van der Waals surface area contributed by atoms with Crippen LogP contribution in [-0.4, -0.2) is 23.2 Å². The van der Waals surface area contributed by atoms with E-state index in [0.29, 0.717) is 11.7 Å². The molecule has 0 bridgehead atoms. The van der Waals surface area contributed by atoms with E-state index in [-0.39, 0.29) is 0 Å². The summed E-state index contributed by atoms with van der Waals surface area (Å²) in [6, 6.07) is 0. The molecule has 54 valence electrons. The van der Waals surface area contributed by atoms with E-state index in [1.807, 2.05) is 6.92 Å². The Kier molecular flexibility index (Phi) is 2.33. The smallest absolute Gasteiger partial charge is 0.215 e. The molecule has 1 aromatic heterocycles. The molecule has 1 heterocycles. The summed E-state index contributed by atoms with van der Waals surface area (Å²) in [6.07, 6.45) is 0.751. The lowest BCUT2D eigenvalue weighted by Gasteiger charge is -2.07. The molecule has 0 atom stereocenters. The van der Waals surface area contributed by atoms with Crippen molar-refractivity contribution in [1.82, 2.24) is 10.2 Å². The third kappa shape index (κ3) is 1.30. The summed E-state index contributed by atoms with van der Waals surface area (Å²) in [6.45, 7) is 2.52. The third-order valence-electron chi connectivity index (χ3n) is 1.06. The Bertz CT molecular complexity index is 199. The molecule has 5 heteroatoms. The van der Waals surface area contributed by atoms with Crippen LogP contribution in [0.5, 0.6) is 0 Å². The topological polar surface area (TPSA) is 46.1 Å². The Hall–Kier alpha value is -0.970. The molecular formula is C5H7N3OS. The molecule has 1 amide bonds. The number of rotatable bonds is 3. The molecule has 0 radical (unpaired) electrons. The number of hydrogen-bond donors (Lipinski definition) is 0. The van der Waals surface area contributed by atoms with Gasteiger partial charge in [-0.15, -0.1) is 10.2 Å². The van der Waals surface area contributed by atoms with Crippen molar-refractivity contribution in [2.75, 3.05) is 11.4 Å². The molecule has 10 heavy (non-hydrogen) atoms. The van der Waals surface area contributed by atoms with Crippen LogP contribution in [0.3, 0.4) is 0 Å². The summed E-state index contributed by atoms with van der Waals surface area (Å²) in [5.41, 5.74) is 1.60. The van der Waals surface area contributed by atoms with Crippen LogP contribution >= 0.6 is 11.3 Å². The Morgan fingerprint density at radius 2 is 2.70 bits per heavy atom. The van der Waals surface area contributed by atoms with Crippen LogP contribution in [0, 0.1) is 0 Å². The molecule has 1 rings (SSSR count). The lowest BCUT2D eigenvalue weighted by Crippen LogP contribution is -2.19. The first kappa shape index (κ1) is 7.14. The number of carbonyl (C=O) groups excluding carboxylic acids is 1. The maximum absolute atomic E-state index is 10.3. The van der Waals surface area contributed by atoms with Crippen LogP contribution in [0.15, 0.2) is 5.51 Å². The minimum Gasteiger partial charge on any atom is -0.290 e. The summed E-state index contributed by atoms with van der Waals surface area (Å²) in [4.78, 5) is 11.8. The van der Waals surface area contributed by atoms with Gasteiger partial charge in [0.1, 0.15) is 5.51 Å². The first-order valence-electron chi connectivity index (χ1n) is 2.86. The molecule has 4 nitrogen and oxygen atoms in total. The fourth-order valence-electron chi connectivity index (χ4n) is 0.547. The molecule has 0 unspecified atom stereocenters. The first-order chi connectivity index (χ1) is 4.88. The van der Waals surface area contributed by atoms with Crippen LogP contribution in [0.2, 0.25) is 0 Å². The number of carbonyl (C=O) groups is 1. The average Bonchev–Trinajstić information content (AvgIpc) is 2.43.